The first-order valence-corrected chi connectivity index (χ1v) is 10.6. The predicted molar refractivity (Wildman–Crippen MR) is 107 cm³/mol. The van der Waals surface area contributed by atoms with Crippen LogP contribution in [0, 0.1) is 0 Å². The van der Waals surface area contributed by atoms with Crippen LogP contribution >= 0.6 is 50.4 Å². The van der Waals surface area contributed by atoms with Crippen LogP contribution in [0.4, 0.5) is 5.13 Å². The third-order valence-corrected chi connectivity index (χ3v) is 7.13. The lowest BCUT2D eigenvalue weighted by Crippen LogP contribution is -2.11. The lowest BCUT2D eigenvalue weighted by atomic mass is 10.2. The number of benzene rings is 2. The first-order valence-electron chi connectivity index (χ1n) is 6.95. The first kappa shape index (κ1) is 16.0. The van der Waals surface area contributed by atoms with Crippen LogP contribution in [0.3, 0.4) is 0 Å². The van der Waals surface area contributed by atoms with Crippen LogP contribution in [-0.2, 0) is 0 Å². The van der Waals surface area contributed by atoms with Gasteiger partial charge in [0.15, 0.2) is 9.47 Å². The number of fused-ring (bicyclic) bond motifs is 3. The summed E-state index contributed by atoms with van der Waals surface area (Å²) in [6, 6.07) is 11.2. The lowest BCUT2D eigenvalue weighted by molar-refractivity contribution is 0.102. The SMILES string of the molecule is CSc1nc2ccc3nc(NC(=O)c4ccc(Br)cc4)sc3c2s1. The fourth-order valence-corrected chi connectivity index (χ4v) is 5.18. The summed E-state index contributed by atoms with van der Waals surface area (Å²) in [5, 5.41) is 3.49. The number of anilines is 1. The van der Waals surface area contributed by atoms with Crippen LogP contribution in [-0.4, -0.2) is 22.1 Å². The molecule has 8 heteroatoms. The molecule has 0 aliphatic rings. The highest BCUT2D eigenvalue weighted by molar-refractivity contribution is 9.10. The number of thiazole rings is 2. The molecule has 0 atom stereocenters. The zero-order valence-electron chi connectivity index (χ0n) is 12.4. The fourth-order valence-electron chi connectivity index (χ4n) is 2.26. The van der Waals surface area contributed by atoms with Gasteiger partial charge in [0.2, 0.25) is 0 Å². The first-order chi connectivity index (χ1) is 11.6. The van der Waals surface area contributed by atoms with Gasteiger partial charge in [0.1, 0.15) is 0 Å². The van der Waals surface area contributed by atoms with Gasteiger partial charge in [-0.15, -0.1) is 11.3 Å². The Kier molecular flexibility index (Phi) is 4.29. The van der Waals surface area contributed by atoms with Crippen molar-refractivity contribution in [3.8, 4) is 0 Å². The second-order valence-corrected chi connectivity index (χ2v) is 8.89. The molecule has 0 aliphatic heterocycles. The zero-order valence-corrected chi connectivity index (χ0v) is 16.4. The van der Waals surface area contributed by atoms with Crippen molar-refractivity contribution in [3.63, 3.8) is 0 Å². The van der Waals surface area contributed by atoms with Crippen molar-refractivity contribution in [1.82, 2.24) is 9.97 Å². The maximum absolute atomic E-state index is 12.3. The molecular formula is C16H10BrN3OS3. The van der Waals surface area contributed by atoms with Gasteiger partial charge in [-0.05, 0) is 42.7 Å². The lowest BCUT2D eigenvalue weighted by Gasteiger charge is -2.01. The Balaban J connectivity index is 1.69. The number of nitrogens with one attached hydrogen (secondary N) is 1. The average Bonchev–Trinajstić information content (AvgIpc) is 3.17. The Bertz CT molecular complexity index is 1060. The van der Waals surface area contributed by atoms with Gasteiger partial charge in [-0.2, -0.15) is 0 Å². The summed E-state index contributed by atoms with van der Waals surface area (Å²) in [5.74, 6) is -0.160. The second-order valence-electron chi connectivity index (χ2n) is 4.93. The van der Waals surface area contributed by atoms with Crippen molar-refractivity contribution < 1.29 is 4.79 Å². The molecule has 4 rings (SSSR count). The van der Waals surface area contributed by atoms with Crippen molar-refractivity contribution in [2.24, 2.45) is 0 Å². The van der Waals surface area contributed by atoms with Crippen molar-refractivity contribution in [2.75, 3.05) is 11.6 Å². The highest BCUT2D eigenvalue weighted by Gasteiger charge is 2.14. The molecule has 24 heavy (non-hydrogen) atoms. The standard InChI is InChI=1S/C16H10BrN3OS3/c1-22-16-19-11-7-6-10-12(13(11)24-16)23-15(18-10)20-14(21)8-2-4-9(17)5-3-8/h2-7H,1H3,(H,18,20,21). The summed E-state index contributed by atoms with van der Waals surface area (Å²) in [7, 11) is 0. The molecule has 0 spiro atoms. The summed E-state index contributed by atoms with van der Waals surface area (Å²) < 4.78 is 4.16. The smallest absolute Gasteiger partial charge is 0.257 e. The number of carbonyl (C=O) groups excluding carboxylic acids is 1. The molecule has 0 saturated heterocycles. The average molecular weight is 436 g/mol. The van der Waals surface area contributed by atoms with Crippen LogP contribution in [0.25, 0.3) is 20.4 Å². The number of nitrogens with zero attached hydrogens (tertiary/aromatic N) is 2. The Hall–Kier alpha value is -1.48. The van der Waals surface area contributed by atoms with Crippen LogP contribution < -0.4 is 5.32 Å². The number of hydrogen-bond donors (Lipinski definition) is 1. The van der Waals surface area contributed by atoms with E-state index < -0.39 is 0 Å². The maximum atomic E-state index is 12.3. The van der Waals surface area contributed by atoms with E-state index in [1.54, 1.807) is 35.2 Å². The molecule has 2 aromatic heterocycles. The van der Waals surface area contributed by atoms with E-state index >= 15 is 0 Å². The number of halogens is 1. The van der Waals surface area contributed by atoms with E-state index in [4.69, 9.17) is 0 Å². The summed E-state index contributed by atoms with van der Waals surface area (Å²) in [4.78, 5) is 21.4. The maximum Gasteiger partial charge on any atom is 0.257 e. The highest BCUT2D eigenvalue weighted by Crippen LogP contribution is 2.38. The molecule has 4 nitrogen and oxygen atoms in total. The Labute approximate surface area is 158 Å². The fraction of sp³-hybridized carbons (Fsp3) is 0.0625. The van der Waals surface area contributed by atoms with E-state index in [2.05, 4.69) is 31.2 Å². The largest absolute Gasteiger partial charge is 0.298 e. The number of aromatic nitrogens is 2. The predicted octanol–water partition coefficient (Wildman–Crippen LogP) is 5.64. The summed E-state index contributed by atoms with van der Waals surface area (Å²) in [6.45, 7) is 0. The summed E-state index contributed by atoms with van der Waals surface area (Å²) in [5.41, 5.74) is 2.46. The molecule has 0 aliphatic carbocycles. The van der Waals surface area contributed by atoms with E-state index in [-0.39, 0.29) is 5.91 Å². The molecule has 2 heterocycles. The molecule has 0 radical (unpaired) electrons. The van der Waals surface area contributed by atoms with E-state index in [0.29, 0.717) is 10.7 Å². The van der Waals surface area contributed by atoms with E-state index in [9.17, 15) is 4.79 Å². The Morgan fingerprint density at radius 2 is 1.71 bits per heavy atom. The van der Waals surface area contributed by atoms with Crippen LogP contribution in [0.15, 0.2) is 45.2 Å². The number of carbonyl (C=O) groups is 1. The number of amides is 1. The van der Waals surface area contributed by atoms with Gasteiger partial charge < -0.3 is 0 Å². The number of hydrogen-bond acceptors (Lipinski definition) is 6. The van der Waals surface area contributed by atoms with E-state index in [1.165, 1.54) is 11.3 Å². The molecule has 0 unspecified atom stereocenters. The monoisotopic (exact) mass is 435 g/mol. The minimum atomic E-state index is -0.160. The van der Waals surface area contributed by atoms with Gasteiger partial charge in [0.25, 0.3) is 5.91 Å². The molecule has 1 amide bonds. The van der Waals surface area contributed by atoms with Crippen LogP contribution in [0.1, 0.15) is 10.4 Å². The number of thioether (sulfide) groups is 1. The second kappa shape index (κ2) is 6.44. The Morgan fingerprint density at radius 3 is 2.42 bits per heavy atom. The van der Waals surface area contributed by atoms with Crippen LogP contribution in [0.2, 0.25) is 0 Å². The van der Waals surface area contributed by atoms with Crippen molar-refractivity contribution in [2.45, 2.75) is 4.34 Å². The summed E-state index contributed by atoms with van der Waals surface area (Å²) >= 11 is 8.15. The highest BCUT2D eigenvalue weighted by atomic mass is 79.9. The molecule has 120 valence electrons. The Morgan fingerprint density at radius 1 is 1.04 bits per heavy atom. The van der Waals surface area contributed by atoms with Gasteiger partial charge in [0, 0.05) is 10.0 Å². The molecular weight excluding hydrogens is 426 g/mol. The number of rotatable bonds is 3. The molecule has 4 aromatic rings. The van der Waals surface area contributed by atoms with Crippen molar-refractivity contribution in [1.29, 1.82) is 0 Å². The van der Waals surface area contributed by atoms with Gasteiger partial charge in [0.05, 0.1) is 20.4 Å². The summed E-state index contributed by atoms with van der Waals surface area (Å²) in [6.07, 6.45) is 2.02. The quantitative estimate of drug-likeness (QED) is 0.422. The van der Waals surface area contributed by atoms with Crippen LogP contribution in [0.5, 0.6) is 0 Å². The van der Waals surface area contributed by atoms with Crippen molar-refractivity contribution in [3.05, 3.63) is 46.4 Å². The van der Waals surface area contributed by atoms with Gasteiger partial charge >= 0.3 is 0 Å². The van der Waals surface area contributed by atoms with Gasteiger partial charge in [-0.3, -0.25) is 10.1 Å². The van der Waals surface area contributed by atoms with Gasteiger partial charge in [-0.25, -0.2) is 9.97 Å². The normalized spacial score (nSPS) is 11.2. The van der Waals surface area contributed by atoms with Gasteiger partial charge in [-0.1, -0.05) is 39.0 Å². The molecule has 0 fully saturated rings. The molecule has 1 N–H and O–H groups in total. The van der Waals surface area contributed by atoms with E-state index in [1.807, 2.05) is 30.5 Å². The molecule has 2 aromatic carbocycles. The molecule has 0 saturated carbocycles. The third-order valence-electron chi connectivity index (χ3n) is 3.39. The van der Waals surface area contributed by atoms with E-state index in [0.717, 1.165) is 29.2 Å². The van der Waals surface area contributed by atoms with Crippen molar-refractivity contribution >= 4 is 81.8 Å². The minimum Gasteiger partial charge on any atom is -0.298 e. The molecule has 0 bridgehead atoms. The minimum absolute atomic E-state index is 0.160. The topological polar surface area (TPSA) is 54.9 Å². The third kappa shape index (κ3) is 2.95. The zero-order chi connectivity index (χ0) is 16.7.